The lowest BCUT2D eigenvalue weighted by Gasteiger charge is -2.20. The second-order valence-electron chi connectivity index (χ2n) is 4.00. The molecule has 1 atom stereocenters. The van der Waals surface area contributed by atoms with Gasteiger partial charge in [-0.3, -0.25) is 4.57 Å². The molecule has 1 aromatic heterocycles. The van der Waals surface area contributed by atoms with Crippen LogP contribution in [0.25, 0.3) is 11.0 Å². The Hall–Kier alpha value is -1.51. The third-order valence-electron chi connectivity index (χ3n) is 3.09. The highest BCUT2D eigenvalue weighted by Gasteiger charge is 2.20. The van der Waals surface area contributed by atoms with E-state index in [2.05, 4.69) is 18.0 Å². The van der Waals surface area contributed by atoms with E-state index in [-0.39, 0.29) is 5.69 Å². The van der Waals surface area contributed by atoms with Crippen molar-refractivity contribution >= 4 is 11.0 Å². The first-order chi connectivity index (χ1) is 6.77. The summed E-state index contributed by atoms with van der Waals surface area (Å²) in [5.74, 6) is 0. The maximum Gasteiger partial charge on any atom is 0.326 e. The Morgan fingerprint density at radius 1 is 1.50 bits per heavy atom. The van der Waals surface area contributed by atoms with E-state index >= 15 is 0 Å². The van der Waals surface area contributed by atoms with Gasteiger partial charge in [0, 0.05) is 6.04 Å². The van der Waals surface area contributed by atoms with E-state index in [1.54, 1.807) is 0 Å². The van der Waals surface area contributed by atoms with Crippen molar-refractivity contribution < 1.29 is 0 Å². The van der Waals surface area contributed by atoms with Gasteiger partial charge in [0.15, 0.2) is 0 Å². The molecule has 1 unspecified atom stereocenters. The third kappa shape index (κ3) is 0.842. The summed E-state index contributed by atoms with van der Waals surface area (Å²) in [4.78, 5) is 14.6. The number of nitrogens with zero attached hydrogens (tertiary/aromatic N) is 1. The molecule has 0 aliphatic carbocycles. The molecule has 14 heavy (non-hydrogen) atoms. The van der Waals surface area contributed by atoms with Crippen molar-refractivity contribution in [2.45, 2.75) is 25.8 Å². The largest absolute Gasteiger partial charge is 0.326 e. The zero-order chi connectivity index (χ0) is 9.71. The number of H-pyrrole nitrogens is 1. The summed E-state index contributed by atoms with van der Waals surface area (Å²) < 4.78 is 1.88. The highest BCUT2D eigenvalue weighted by Crippen LogP contribution is 2.27. The first-order valence-electron chi connectivity index (χ1n) is 4.99. The number of para-hydroxylation sites is 1. The minimum absolute atomic E-state index is 0.0275. The minimum atomic E-state index is 0.0275. The summed E-state index contributed by atoms with van der Waals surface area (Å²) in [6.45, 7) is 2.10. The predicted octanol–water partition coefficient (Wildman–Crippen LogP) is 1.84. The number of aromatic nitrogens is 2. The second kappa shape index (κ2) is 2.50. The van der Waals surface area contributed by atoms with E-state index in [4.69, 9.17) is 0 Å². The van der Waals surface area contributed by atoms with Crippen molar-refractivity contribution in [3.05, 3.63) is 34.2 Å². The van der Waals surface area contributed by atoms with E-state index in [9.17, 15) is 4.79 Å². The summed E-state index contributed by atoms with van der Waals surface area (Å²) >= 11 is 0. The maximum atomic E-state index is 11.7. The molecular weight excluding hydrogens is 176 g/mol. The SMILES string of the molecule is CC1CCc2cccc3[nH]c(=O)n1c23. The maximum absolute atomic E-state index is 11.7. The van der Waals surface area contributed by atoms with Crippen molar-refractivity contribution in [2.24, 2.45) is 0 Å². The van der Waals surface area contributed by atoms with Crippen molar-refractivity contribution in [1.82, 2.24) is 9.55 Å². The van der Waals surface area contributed by atoms with Crippen LogP contribution in [0.4, 0.5) is 0 Å². The number of imidazole rings is 1. The van der Waals surface area contributed by atoms with Crippen LogP contribution in [0.1, 0.15) is 24.9 Å². The minimum Gasteiger partial charge on any atom is -0.306 e. The van der Waals surface area contributed by atoms with Crippen molar-refractivity contribution in [2.75, 3.05) is 0 Å². The molecule has 0 amide bonds. The molecule has 0 radical (unpaired) electrons. The Kier molecular flexibility index (Phi) is 1.40. The molecular formula is C11H12N2O. The van der Waals surface area contributed by atoms with E-state index in [1.165, 1.54) is 5.56 Å². The summed E-state index contributed by atoms with van der Waals surface area (Å²) in [7, 11) is 0. The number of nitrogens with one attached hydrogen (secondary N) is 1. The van der Waals surface area contributed by atoms with Crippen LogP contribution in [-0.4, -0.2) is 9.55 Å². The summed E-state index contributed by atoms with van der Waals surface area (Å²) in [5, 5.41) is 0. The summed E-state index contributed by atoms with van der Waals surface area (Å²) in [6.07, 6.45) is 2.14. The van der Waals surface area contributed by atoms with E-state index in [0.717, 1.165) is 23.9 Å². The second-order valence-corrected chi connectivity index (χ2v) is 4.00. The molecule has 3 heteroatoms. The standard InChI is InChI=1S/C11H12N2O/c1-7-5-6-8-3-2-4-9-10(8)13(7)11(14)12-9/h2-4,7H,5-6H2,1H3,(H,12,14). The highest BCUT2D eigenvalue weighted by atomic mass is 16.1. The third-order valence-corrected chi connectivity index (χ3v) is 3.09. The van der Waals surface area contributed by atoms with E-state index in [1.807, 2.05) is 16.7 Å². The zero-order valence-electron chi connectivity index (χ0n) is 8.08. The molecule has 0 bridgehead atoms. The monoisotopic (exact) mass is 188 g/mol. The topological polar surface area (TPSA) is 37.8 Å². The number of hydrogen-bond donors (Lipinski definition) is 1. The molecule has 1 aromatic carbocycles. The molecule has 0 spiro atoms. The van der Waals surface area contributed by atoms with Gasteiger partial charge in [-0.1, -0.05) is 12.1 Å². The van der Waals surface area contributed by atoms with Crippen molar-refractivity contribution in [1.29, 1.82) is 0 Å². The van der Waals surface area contributed by atoms with Crippen LogP contribution in [-0.2, 0) is 6.42 Å². The van der Waals surface area contributed by atoms with Gasteiger partial charge in [-0.05, 0) is 31.4 Å². The van der Waals surface area contributed by atoms with Crippen LogP contribution in [0, 0.1) is 0 Å². The Morgan fingerprint density at radius 2 is 2.36 bits per heavy atom. The number of rotatable bonds is 0. The molecule has 3 nitrogen and oxygen atoms in total. The Labute approximate surface area is 81.4 Å². The Balaban J connectivity index is 2.54. The van der Waals surface area contributed by atoms with E-state index < -0.39 is 0 Å². The first-order valence-corrected chi connectivity index (χ1v) is 4.99. The fraction of sp³-hybridized carbons (Fsp3) is 0.364. The summed E-state index contributed by atoms with van der Waals surface area (Å²) in [5.41, 5.74) is 3.40. The normalized spacial score (nSPS) is 20.2. The molecule has 0 saturated heterocycles. The summed E-state index contributed by atoms with van der Waals surface area (Å²) in [6, 6.07) is 6.41. The number of aromatic amines is 1. The smallest absolute Gasteiger partial charge is 0.306 e. The number of hydrogen-bond acceptors (Lipinski definition) is 1. The van der Waals surface area contributed by atoms with Crippen LogP contribution >= 0.6 is 0 Å². The van der Waals surface area contributed by atoms with Crippen molar-refractivity contribution in [3.8, 4) is 0 Å². The van der Waals surface area contributed by atoms with Gasteiger partial charge in [-0.25, -0.2) is 4.79 Å². The average molecular weight is 188 g/mol. The lowest BCUT2D eigenvalue weighted by atomic mass is 10.0. The van der Waals surface area contributed by atoms with Crippen molar-refractivity contribution in [3.63, 3.8) is 0 Å². The quantitative estimate of drug-likeness (QED) is 0.673. The average Bonchev–Trinajstić information content (AvgIpc) is 2.51. The molecule has 1 aliphatic heterocycles. The van der Waals surface area contributed by atoms with Crippen LogP contribution in [0.5, 0.6) is 0 Å². The molecule has 0 fully saturated rings. The molecule has 1 aliphatic rings. The van der Waals surface area contributed by atoms with Crippen LogP contribution < -0.4 is 5.69 Å². The van der Waals surface area contributed by atoms with Gasteiger partial charge >= 0.3 is 5.69 Å². The lowest BCUT2D eigenvalue weighted by Crippen LogP contribution is -2.23. The number of aryl methyl sites for hydroxylation is 1. The molecule has 2 aromatic rings. The van der Waals surface area contributed by atoms with Gasteiger partial charge in [-0.15, -0.1) is 0 Å². The molecule has 72 valence electrons. The molecule has 2 heterocycles. The number of benzene rings is 1. The zero-order valence-corrected chi connectivity index (χ0v) is 8.08. The Morgan fingerprint density at radius 3 is 3.21 bits per heavy atom. The van der Waals surface area contributed by atoms with Gasteiger partial charge in [0.1, 0.15) is 0 Å². The van der Waals surface area contributed by atoms with Crippen LogP contribution in [0.15, 0.2) is 23.0 Å². The first kappa shape index (κ1) is 7.85. The van der Waals surface area contributed by atoms with E-state index in [0.29, 0.717) is 6.04 Å². The van der Waals surface area contributed by atoms with Crippen LogP contribution in [0.2, 0.25) is 0 Å². The molecule has 3 rings (SSSR count). The van der Waals surface area contributed by atoms with Crippen LogP contribution in [0.3, 0.4) is 0 Å². The fourth-order valence-corrected chi connectivity index (χ4v) is 2.37. The van der Waals surface area contributed by atoms with Gasteiger partial charge in [0.25, 0.3) is 0 Å². The lowest BCUT2D eigenvalue weighted by molar-refractivity contribution is 0.489. The predicted molar refractivity (Wildman–Crippen MR) is 55.6 cm³/mol. The molecule has 1 N–H and O–H groups in total. The fourth-order valence-electron chi connectivity index (χ4n) is 2.37. The van der Waals surface area contributed by atoms with Gasteiger partial charge in [0.2, 0.25) is 0 Å². The molecule has 0 saturated carbocycles. The van der Waals surface area contributed by atoms with Gasteiger partial charge < -0.3 is 4.98 Å². The van der Waals surface area contributed by atoms with Gasteiger partial charge in [0.05, 0.1) is 11.0 Å². The highest BCUT2D eigenvalue weighted by molar-refractivity contribution is 5.79. The van der Waals surface area contributed by atoms with Gasteiger partial charge in [-0.2, -0.15) is 0 Å². The Bertz CT molecular complexity index is 550.